The molecule has 2 atom stereocenters. The standard InChI is InChI=1S/C23H25N3O3S/c1-29-23(28)19-12-15-6-2-3-7-16(15)14-26(19)11-10-21(27)25-22-18(13-24)17-8-4-5-9-20(17)30-22/h2-3,6-7,19H,4-5,8-12,14H2,1H3,(H,25,27)/p+1/t19-/m1/s1. The molecular weight excluding hydrogens is 398 g/mol. The quantitative estimate of drug-likeness (QED) is 0.720. The van der Waals surface area contributed by atoms with E-state index in [1.807, 2.05) is 12.1 Å². The van der Waals surface area contributed by atoms with Crippen molar-refractivity contribution in [3.63, 3.8) is 0 Å². The van der Waals surface area contributed by atoms with E-state index in [1.54, 1.807) is 11.3 Å². The Bertz CT molecular complexity index is 1010. The normalized spacial score (nSPS) is 19.9. The average molecular weight is 425 g/mol. The second-order valence-electron chi connectivity index (χ2n) is 7.96. The molecule has 1 aliphatic carbocycles. The number of ether oxygens (including phenoxy) is 1. The summed E-state index contributed by atoms with van der Waals surface area (Å²) >= 11 is 1.54. The van der Waals surface area contributed by atoms with Crippen LogP contribution in [-0.4, -0.2) is 31.6 Å². The van der Waals surface area contributed by atoms with Crippen LogP contribution < -0.4 is 10.2 Å². The fourth-order valence-corrected chi connectivity index (χ4v) is 5.81. The Morgan fingerprint density at radius 3 is 2.80 bits per heavy atom. The summed E-state index contributed by atoms with van der Waals surface area (Å²) in [5, 5.41) is 13.2. The molecule has 0 spiro atoms. The smallest absolute Gasteiger partial charge is 0.365 e. The molecule has 1 aromatic carbocycles. The maximum Gasteiger partial charge on any atom is 0.365 e. The third kappa shape index (κ3) is 4.11. The van der Waals surface area contributed by atoms with Gasteiger partial charge in [0.15, 0.2) is 6.04 Å². The van der Waals surface area contributed by atoms with Gasteiger partial charge in [-0.05, 0) is 36.8 Å². The van der Waals surface area contributed by atoms with Gasteiger partial charge in [-0.25, -0.2) is 4.79 Å². The Hall–Kier alpha value is -2.69. The van der Waals surface area contributed by atoms with E-state index in [-0.39, 0.29) is 17.9 Å². The van der Waals surface area contributed by atoms with Crippen LogP contribution in [0.5, 0.6) is 0 Å². The van der Waals surface area contributed by atoms with Crippen LogP contribution in [0.15, 0.2) is 24.3 Å². The van der Waals surface area contributed by atoms with Crippen LogP contribution in [0.25, 0.3) is 0 Å². The Morgan fingerprint density at radius 1 is 1.27 bits per heavy atom. The molecule has 0 bridgehead atoms. The number of carbonyl (C=O) groups excluding carboxylic acids is 2. The molecule has 6 nitrogen and oxygen atoms in total. The zero-order chi connectivity index (χ0) is 21.1. The van der Waals surface area contributed by atoms with Gasteiger partial charge < -0.3 is 15.0 Å². The van der Waals surface area contributed by atoms with E-state index in [2.05, 4.69) is 23.5 Å². The molecule has 156 valence electrons. The van der Waals surface area contributed by atoms with Gasteiger partial charge in [-0.1, -0.05) is 24.3 Å². The Morgan fingerprint density at radius 2 is 2.03 bits per heavy atom. The lowest BCUT2D eigenvalue weighted by Crippen LogP contribution is -3.16. The first-order valence-corrected chi connectivity index (χ1v) is 11.3. The summed E-state index contributed by atoms with van der Waals surface area (Å²) < 4.78 is 5.02. The number of esters is 1. The fourth-order valence-electron chi connectivity index (χ4n) is 4.55. The van der Waals surface area contributed by atoms with Crippen molar-refractivity contribution in [2.24, 2.45) is 0 Å². The van der Waals surface area contributed by atoms with Crippen molar-refractivity contribution in [2.75, 3.05) is 19.0 Å². The van der Waals surface area contributed by atoms with Crippen molar-refractivity contribution >= 4 is 28.2 Å². The van der Waals surface area contributed by atoms with E-state index in [9.17, 15) is 14.9 Å². The molecule has 1 aliphatic heterocycles. The van der Waals surface area contributed by atoms with Gasteiger partial charge in [0, 0.05) is 16.9 Å². The van der Waals surface area contributed by atoms with E-state index >= 15 is 0 Å². The third-order valence-electron chi connectivity index (χ3n) is 6.15. The molecule has 7 heteroatoms. The maximum atomic E-state index is 12.7. The van der Waals surface area contributed by atoms with Crippen molar-refractivity contribution < 1.29 is 19.2 Å². The van der Waals surface area contributed by atoms with Gasteiger partial charge in [0.25, 0.3) is 0 Å². The third-order valence-corrected chi connectivity index (χ3v) is 7.35. The molecule has 0 radical (unpaired) electrons. The zero-order valence-corrected chi connectivity index (χ0v) is 17.9. The van der Waals surface area contributed by atoms with Crippen molar-refractivity contribution in [2.45, 2.75) is 51.1 Å². The first-order chi connectivity index (χ1) is 14.6. The minimum Gasteiger partial charge on any atom is -0.465 e. The highest BCUT2D eigenvalue weighted by Crippen LogP contribution is 2.37. The number of nitrogens with one attached hydrogen (secondary N) is 2. The molecule has 2 N–H and O–H groups in total. The van der Waals surface area contributed by atoms with Crippen molar-refractivity contribution in [3.05, 3.63) is 51.4 Å². The number of anilines is 1. The van der Waals surface area contributed by atoms with Crippen LogP contribution >= 0.6 is 11.3 Å². The maximum absolute atomic E-state index is 12.7. The van der Waals surface area contributed by atoms with E-state index in [4.69, 9.17) is 4.74 Å². The molecule has 1 aromatic heterocycles. The van der Waals surface area contributed by atoms with E-state index in [1.165, 1.54) is 23.1 Å². The van der Waals surface area contributed by atoms with Crippen LogP contribution in [0, 0.1) is 11.3 Å². The molecule has 2 aromatic rings. The van der Waals surface area contributed by atoms with E-state index in [0.717, 1.165) is 36.1 Å². The number of hydrogen-bond donors (Lipinski definition) is 2. The summed E-state index contributed by atoms with van der Waals surface area (Å²) in [6.45, 7) is 1.23. The Balaban J connectivity index is 1.43. The number of aryl methyl sites for hydroxylation is 1. The van der Waals surface area contributed by atoms with Gasteiger partial charge in [-0.15, -0.1) is 11.3 Å². The molecule has 2 heterocycles. The average Bonchev–Trinajstić information content (AvgIpc) is 3.13. The Kier molecular flexibility index (Phi) is 6.16. The topological polar surface area (TPSA) is 83.6 Å². The minimum atomic E-state index is -0.304. The number of thiophene rings is 1. The minimum absolute atomic E-state index is 0.111. The number of nitriles is 1. The van der Waals surface area contributed by atoms with Crippen molar-refractivity contribution in [1.82, 2.24) is 0 Å². The number of amides is 1. The predicted molar refractivity (Wildman–Crippen MR) is 114 cm³/mol. The highest BCUT2D eigenvalue weighted by Gasteiger charge is 2.36. The van der Waals surface area contributed by atoms with Crippen molar-refractivity contribution in [1.29, 1.82) is 5.26 Å². The summed E-state index contributed by atoms with van der Waals surface area (Å²) in [5.41, 5.74) is 4.14. The zero-order valence-electron chi connectivity index (χ0n) is 17.1. The summed E-state index contributed by atoms with van der Waals surface area (Å²) in [6.07, 6.45) is 5.06. The Labute approximate surface area is 180 Å². The predicted octanol–water partition coefficient (Wildman–Crippen LogP) is 2.01. The second kappa shape index (κ2) is 8.99. The molecular formula is C23H26N3O3S+. The monoisotopic (exact) mass is 424 g/mol. The van der Waals surface area contributed by atoms with Crippen LogP contribution in [-0.2, 0) is 40.1 Å². The first kappa shape index (κ1) is 20.6. The molecule has 0 saturated heterocycles. The lowest BCUT2D eigenvalue weighted by molar-refractivity contribution is -0.932. The molecule has 1 unspecified atom stereocenters. The van der Waals surface area contributed by atoms with Gasteiger partial charge in [0.05, 0.1) is 25.6 Å². The highest BCUT2D eigenvalue weighted by molar-refractivity contribution is 7.16. The number of hydrogen-bond acceptors (Lipinski definition) is 5. The molecule has 0 fully saturated rings. The van der Waals surface area contributed by atoms with Crippen LogP contribution in [0.2, 0.25) is 0 Å². The van der Waals surface area contributed by atoms with Gasteiger partial charge in [0.1, 0.15) is 17.6 Å². The number of quaternary nitrogens is 1. The second-order valence-corrected chi connectivity index (χ2v) is 9.06. The van der Waals surface area contributed by atoms with E-state index in [0.29, 0.717) is 36.5 Å². The molecule has 1 amide bonds. The number of methoxy groups -OCH3 is 1. The number of rotatable bonds is 5. The number of fused-ring (bicyclic) bond motifs is 2. The van der Waals surface area contributed by atoms with Gasteiger partial charge in [0.2, 0.25) is 5.91 Å². The van der Waals surface area contributed by atoms with Gasteiger partial charge in [-0.3, -0.25) is 4.79 Å². The highest BCUT2D eigenvalue weighted by atomic mass is 32.1. The number of benzene rings is 1. The lowest BCUT2D eigenvalue weighted by atomic mass is 9.94. The lowest BCUT2D eigenvalue weighted by Gasteiger charge is -2.32. The summed E-state index contributed by atoms with van der Waals surface area (Å²) in [7, 11) is 1.41. The first-order valence-electron chi connectivity index (χ1n) is 10.4. The van der Waals surface area contributed by atoms with Gasteiger partial charge in [-0.2, -0.15) is 5.26 Å². The van der Waals surface area contributed by atoms with Crippen LogP contribution in [0.3, 0.4) is 0 Å². The number of nitrogens with zero attached hydrogens (tertiary/aromatic N) is 1. The van der Waals surface area contributed by atoms with E-state index < -0.39 is 0 Å². The SMILES string of the molecule is COC(=O)[C@H]1Cc2ccccc2C[NH+]1CCC(=O)Nc1sc2c(c1C#N)CCCC2. The largest absolute Gasteiger partial charge is 0.465 e. The summed E-state index contributed by atoms with van der Waals surface area (Å²) in [5.74, 6) is -0.349. The molecule has 0 saturated carbocycles. The van der Waals surface area contributed by atoms with Gasteiger partial charge >= 0.3 is 5.97 Å². The van der Waals surface area contributed by atoms with Crippen LogP contribution in [0.1, 0.15) is 46.4 Å². The molecule has 2 aliphatic rings. The number of carbonyl (C=O) groups is 2. The molecule has 30 heavy (non-hydrogen) atoms. The summed E-state index contributed by atoms with van der Waals surface area (Å²) in [4.78, 5) is 27.3. The molecule has 4 rings (SSSR count). The fraction of sp³-hybridized carbons (Fsp3) is 0.435. The summed E-state index contributed by atoms with van der Waals surface area (Å²) in [6, 6.07) is 10.1. The van der Waals surface area contributed by atoms with Crippen LogP contribution in [0.4, 0.5) is 5.00 Å². The van der Waals surface area contributed by atoms with Crippen molar-refractivity contribution in [3.8, 4) is 6.07 Å².